The number of rotatable bonds is 3. The highest BCUT2D eigenvalue weighted by molar-refractivity contribution is 7.91. The third-order valence-corrected chi connectivity index (χ3v) is 7.48. The molecule has 1 fully saturated rings. The monoisotopic (exact) mass is 456 g/mol. The van der Waals surface area contributed by atoms with Gasteiger partial charge in [0.2, 0.25) is 9.84 Å². The van der Waals surface area contributed by atoms with E-state index < -0.39 is 21.6 Å². The van der Waals surface area contributed by atoms with Gasteiger partial charge < -0.3 is 9.64 Å². The summed E-state index contributed by atoms with van der Waals surface area (Å²) < 4.78 is 47.0. The number of fused-ring (bicyclic) bond motifs is 1. The van der Waals surface area contributed by atoms with Crippen LogP contribution < -0.4 is 0 Å². The van der Waals surface area contributed by atoms with Gasteiger partial charge in [0.05, 0.1) is 34.1 Å². The molecule has 6 nitrogen and oxygen atoms in total. The molecule has 32 heavy (non-hydrogen) atoms. The SMILES string of the molecule is CC(C)(C)c1ccc(S(=O)(=O)c2c(C(=O)N3CCOCC3)cnc3ccc(F)cc23)cc1. The number of carbonyl (C=O) groups excluding carboxylic acids is 1. The molecular weight excluding hydrogens is 431 g/mol. The Kier molecular flexibility index (Phi) is 5.77. The zero-order valence-electron chi connectivity index (χ0n) is 18.3. The Bertz CT molecular complexity index is 1280. The lowest BCUT2D eigenvalue weighted by molar-refractivity contribution is 0.0300. The zero-order chi connectivity index (χ0) is 23.1. The van der Waals surface area contributed by atoms with Gasteiger partial charge in [-0.05, 0) is 41.3 Å². The fourth-order valence-corrected chi connectivity index (χ4v) is 5.38. The first-order valence-corrected chi connectivity index (χ1v) is 11.9. The first-order chi connectivity index (χ1) is 15.1. The van der Waals surface area contributed by atoms with Gasteiger partial charge in [-0.1, -0.05) is 32.9 Å². The van der Waals surface area contributed by atoms with Crippen molar-refractivity contribution >= 4 is 26.6 Å². The van der Waals surface area contributed by atoms with Crippen molar-refractivity contribution in [2.45, 2.75) is 36.0 Å². The van der Waals surface area contributed by atoms with Crippen LogP contribution in [0.5, 0.6) is 0 Å². The fourth-order valence-electron chi connectivity index (χ4n) is 3.77. The van der Waals surface area contributed by atoms with Gasteiger partial charge in [-0.15, -0.1) is 0 Å². The summed E-state index contributed by atoms with van der Waals surface area (Å²) in [6, 6.07) is 10.3. The van der Waals surface area contributed by atoms with E-state index in [0.29, 0.717) is 31.8 Å². The summed E-state index contributed by atoms with van der Waals surface area (Å²) in [5.41, 5.74) is 1.07. The van der Waals surface area contributed by atoms with E-state index in [9.17, 15) is 17.6 Å². The number of ether oxygens (including phenoxy) is 1. The smallest absolute Gasteiger partial charge is 0.256 e. The lowest BCUT2D eigenvalue weighted by atomic mass is 9.87. The number of sulfone groups is 1. The summed E-state index contributed by atoms with van der Waals surface area (Å²) in [5.74, 6) is -1.06. The highest BCUT2D eigenvalue weighted by Gasteiger charge is 2.31. The molecular formula is C24H25FN2O4S. The maximum atomic E-state index is 14.1. The second kappa shape index (κ2) is 8.26. The van der Waals surface area contributed by atoms with E-state index in [1.807, 2.05) is 20.8 Å². The molecule has 8 heteroatoms. The number of aromatic nitrogens is 1. The Morgan fingerprint density at radius 2 is 1.72 bits per heavy atom. The second-order valence-corrected chi connectivity index (χ2v) is 10.7. The Morgan fingerprint density at radius 3 is 2.34 bits per heavy atom. The molecule has 4 rings (SSSR count). The number of pyridine rings is 1. The van der Waals surface area contributed by atoms with E-state index in [2.05, 4.69) is 4.98 Å². The number of amides is 1. The van der Waals surface area contributed by atoms with Gasteiger partial charge in [0.1, 0.15) is 5.82 Å². The summed E-state index contributed by atoms with van der Waals surface area (Å²) in [7, 11) is -4.14. The van der Waals surface area contributed by atoms with Crippen LogP contribution in [-0.2, 0) is 20.0 Å². The predicted molar refractivity (Wildman–Crippen MR) is 119 cm³/mol. The van der Waals surface area contributed by atoms with Crippen molar-refractivity contribution in [2.75, 3.05) is 26.3 Å². The summed E-state index contributed by atoms with van der Waals surface area (Å²) in [5, 5.41) is 0.0870. The van der Waals surface area contributed by atoms with Crippen LogP contribution in [0.1, 0.15) is 36.7 Å². The van der Waals surface area contributed by atoms with Crippen molar-refractivity contribution in [3.8, 4) is 0 Å². The third kappa shape index (κ3) is 4.12. The van der Waals surface area contributed by atoms with Crippen LogP contribution in [0.15, 0.2) is 58.5 Å². The summed E-state index contributed by atoms with van der Waals surface area (Å²) in [6.45, 7) is 7.55. The van der Waals surface area contributed by atoms with E-state index in [-0.39, 0.29) is 26.2 Å². The third-order valence-electron chi connectivity index (χ3n) is 5.61. The Morgan fingerprint density at radius 1 is 1.06 bits per heavy atom. The molecule has 1 aliphatic heterocycles. The average Bonchev–Trinajstić information content (AvgIpc) is 2.77. The van der Waals surface area contributed by atoms with Crippen LogP contribution in [-0.4, -0.2) is 50.5 Å². The lowest BCUT2D eigenvalue weighted by Gasteiger charge is -2.27. The molecule has 2 aromatic carbocycles. The molecule has 2 heterocycles. The van der Waals surface area contributed by atoms with Crippen molar-refractivity contribution in [3.05, 3.63) is 65.6 Å². The highest BCUT2D eigenvalue weighted by atomic mass is 32.2. The Balaban J connectivity index is 1.92. The van der Waals surface area contributed by atoms with Crippen molar-refractivity contribution in [3.63, 3.8) is 0 Å². The van der Waals surface area contributed by atoms with Crippen molar-refractivity contribution in [2.24, 2.45) is 0 Å². The normalized spacial score (nSPS) is 15.2. The Labute approximate surface area is 186 Å². The van der Waals surface area contributed by atoms with Crippen LogP contribution in [0, 0.1) is 5.82 Å². The quantitative estimate of drug-likeness (QED) is 0.596. The van der Waals surface area contributed by atoms with Gasteiger partial charge in [0.15, 0.2) is 0 Å². The molecule has 0 unspecified atom stereocenters. The Hall–Kier alpha value is -2.84. The molecule has 3 aromatic rings. The number of nitrogens with zero attached hydrogens (tertiary/aromatic N) is 2. The van der Waals surface area contributed by atoms with Gasteiger partial charge in [-0.2, -0.15) is 0 Å². The molecule has 1 aromatic heterocycles. The minimum Gasteiger partial charge on any atom is -0.378 e. The van der Waals surface area contributed by atoms with Crippen LogP contribution in [0.3, 0.4) is 0 Å². The first-order valence-electron chi connectivity index (χ1n) is 10.4. The molecule has 0 aliphatic carbocycles. The van der Waals surface area contributed by atoms with Gasteiger partial charge in [-0.25, -0.2) is 12.8 Å². The minimum absolute atomic E-state index is 0.0401. The number of morpholine rings is 1. The molecule has 0 radical (unpaired) electrons. The van der Waals surface area contributed by atoms with E-state index in [1.165, 1.54) is 35.4 Å². The van der Waals surface area contributed by atoms with E-state index >= 15 is 0 Å². The maximum Gasteiger partial charge on any atom is 0.256 e. The van der Waals surface area contributed by atoms with E-state index in [1.54, 1.807) is 12.1 Å². The number of carbonyl (C=O) groups is 1. The second-order valence-electron chi connectivity index (χ2n) is 8.84. The summed E-state index contributed by atoms with van der Waals surface area (Å²) in [4.78, 5) is 18.9. The number of hydrogen-bond donors (Lipinski definition) is 0. The average molecular weight is 457 g/mol. The van der Waals surface area contributed by atoms with Crippen LogP contribution in [0.4, 0.5) is 4.39 Å². The van der Waals surface area contributed by atoms with Gasteiger partial charge in [-0.3, -0.25) is 9.78 Å². The van der Waals surface area contributed by atoms with Gasteiger partial charge in [0, 0.05) is 24.7 Å². The van der Waals surface area contributed by atoms with Crippen molar-refractivity contribution in [1.82, 2.24) is 9.88 Å². The summed E-state index contributed by atoms with van der Waals surface area (Å²) in [6.07, 6.45) is 1.27. The molecule has 0 N–H and O–H groups in total. The van der Waals surface area contributed by atoms with Gasteiger partial charge >= 0.3 is 0 Å². The number of halogens is 1. The first kappa shape index (κ1) is 22.4. The zero-order valence-corrected chi connectivity index (χ0v) is 19.1. The highest BCUT2D eigenvalue weighted by Crippen LogP contribution is 2.33. The molecule has 1 amide bonds. The molecule has 0 bridgehead atoms. The summed E-state index contributed by atoms with van der Waals surface area (Å²) >= 11 is 0. The minimum atomic E-state index is -4.14. The topological polar surface area (TPSA) is 76.6 Å². The van der Waals surface area contributed by atoms with Crippen molar-refractivity contribution in [1.29, 1.82) is 0 Å². The van der Waals surface area contributed by atoms with E-state index in [4.69, 9.17) is 4.74 Å². The lowest BCUT2D eigenvalue weighted by Crippen LogP contribution is -2.41. The van der Waals surface area contributed by atoms with Crippen molar-refractivity contribution < 1.29 is 22.3 Å². The molecule has 0 spiro atoms. The molecule has 1 saturated heterocycles. The standard InChI is InChI=1S/C24H25FN2O4S/c1-24(2,3)16-4-7-18(8-5-16)32(29,30)22-19-14-17(25)6-9-21(19)26-15-20(22)23(28)27-10-12-31-13-11-27/h4-9,14-15H,10-13H2,1-3H3. The largest absolute Gasteiger partial charge is 0.378 e. The predicted octanol–water partition coefficient (Wildman–Crippen LogP) is 3.98. The molecule has 0 atom stereocenters. The molecule has 0 saturated carbocycles. The molecule has 168 valence electrons. The van der Waals surface area contributed by atoms with Crippen LogP contribution >= 0.6 is 0 Å². The number of benzene rings is 2. The maximum absolute atomic E-state index is 14.1. The molecule has 1 aliphatic rings. The van der Waals surface area contributed by atoms with Gasteiger partial charge in [0.25, 0.3) is 5.91 Å². The number of hydrogen-bond acceptors (Lipinski definition) is 5. The van der Waals surface area contributed by atoms with E-state index in [0.717, 1.165) is 11.6 Å². The fraction of sp³-hybridized carbons (Fsp3) is 0.333. The van der Waals surface area contributed by atoms with Crippen LogP contribution in [0.2, 0.25) is 0 Å². The van der Waals surface area contributed by atoms with Crippen LogP contribution in [0.25, 0.3) is 10.9 Å².